The number of anilines is 1. The molecule has 6 nitrogen and oxygen atoms in total. The van der Waals surface area contributed by atoms with Gasteiger partial charge in [-0.25, -0.2) is 0 Å². The van der Waals surface area contributed by atoms with E-state index in [0.717, 1.165) is 22.7 Å². The molecule has 1 N–H and O–H groups in total. The number of ether oxygens (including phenoxy) is 1. The van der Waals surface area contributed by atoms with Crippen LogP contribution in [0, 0.1) is 0 Å². The number of aryl methyl sites for hydroxylation is 1. The maximum absolute atomic E-state index is 12.6. The van der Waals surface area contributed by atoms with Crippen LogP contribution in [0.25, 0.3) is 11.4 Å². The highest BCUT2D eigenvalue weighted by atomic mass is 16.5. The van der Waals surface area contributed by atoms with E-state index in [2.05, 4.69) is 15.5 Å². The molecule has 4 rings (SSSR count). The lowest BCUT2D eigenvalue weighted by molar-refractivity contribution is 0.102. The Morgan fingerprint density at radius 2 is 1.79 bits per heavy atom. The van der Waals surface area contributed by atoms with Gasteiger partial charge in [-0.1, -0.05) is 42.5 Å². The summed E-state index contributed by atoms with van der Waals surface area (Å²) in [6, 6.07) is 24.6. The van der Waals surface area contributed by atoms with Crippen LogP contribution in [0.2, 0.25) is 0 Å². The second kappa shape index (κ2) is 8.39. The molecule has 0 spiro atoms. The van der Waals surface area contributed by atoms with Crippen LogP contribution in [0.15, 0.2) is 85.2 Å². The lowest BCUT2D eigenvalue weighted by Crippen LogP contribution is -2.11. The molecule has 1 amide bonds. The van der Waals surface area contributed by atoms with Crippen molar-refractivity contribution in [1.29, 1.82) is 0 Å². The van der Waals surface area contributed by atoms with Crippen molar-refractivity contribution in [3.63, 3.8) is 0 Å². The van der Waals surface area contributed by atoms with E-state index in [1.165, 1.54) is 0 Å². The molecule has 0 saturated heterocycles. The van der Waals surface area contributed by atoms with Crippen LogP contribution in [0.1, 0.15) is 15.9 Å². The predicted molar refractivity (Wildman–Crippen MR) is 112 cm³/mol. The molecule has 0 aliphatic carbocycles. The predicted octanol–water partition coefficient (Wildman–Crippen LogP) is 4.31. The molecule has 1 aromatic heterocycles. The average molecular weight is 384 g/mol. The molecule has 0 saturated carbocycles. The zero-order chi connectivity index (χ0) is 20.1. The van der Waals surface area contributed by atoms with Crippen molar-refractivity contribution in [2.45, 2.75) is 6.61 Å². The second-order valence-corrected chi connectivity index (χ2v) is 6.60. The lowest BCUT2D eigenvalue weighted by Gasteiger charge is -2.09. The first-order chi connectivity index (χ1) is 14.2. The van der Waals surface area contributed by atoms with E-state index in [0.29, 0.717) is 17.9 Å². The van der Waals surface area contributed by atoms with Crippen LogP contribution in [0.5, 0.6) is 5.75 Å². The topological polar surface area (TPSA) is 69.0 Å². The average Bonchev–Trinajstić information content (AvgIpc) is 3.19. The van der Waals surface area contributed by atoms with E-state index in [1.54, 1.807) is 30.6 Å². The van der Waals surface area contributed by atoms with Crippen molar-refractivity contribution in [1.82, 2.24) is 14.8 Å². The van der Waals surface area contributed by atoms with Crippen molar-refractivity contribution < 1.29 is 9.53 Å². The van der Waals surface area contributed by atoms with Crippen LogP contribution in [0.4, 0.5) is 5.69 Å². The van der Waals surface area contributed by atoms with Gasteiger partial charge in [0.2, 0.25) is 0 Å². The first-order valence-electron chi connectivity index (χ1n) is 9.21. The van der Waals surface area contributed by atoms with E-state index in [4.69, 9.17) is 4.74 Å². The summed E-state index contributed by atoms with van der Waals surface area (Å²) in [5, 5.41) is 10.9. The first kappa shape index (κ1) is 18.4. The Morgan fingerprint density at radius 3 is 2.52 bits per heavy atom. The standard InChI is InChI=1S/C23H20N4O2/c1-27-16-24-26-22(27)19-8-5-9-20(14-19)25-23(28)18-10-12-21(13-11-18)29-15-17-6-3-2-4-7-17/h2-14,16H,15H2,1H3,(H,25,28). The molecule has 6 heteroatoms. The number of nitrogens with one attached hydrogen (secondary N) is 1. The summed E-state index contributed by atoms with van der Waals surface area (Å²) in [5.74, 6) is 1.27. The Morgan fingerprint density at radius 1 is 1.00 bits per heavy atom. The van der Waals surface area contributed by atoms with Gasteiger partial charge >= 0.3 is 0 Å². The van der Waals surface area contributed by atoms with Gasteiger partial charge in [-0.05, 0) is 42.0 Å². The Labute approximate surface area is 168 Å². The fourth-order valence-electron chi connectivity index (χ4n) is 2.93. The quantitative estimate of drug-likeness (QED) is 0.538. The number of carbonyl (C=O) groups is 1. The lowest BCUT2D eigenvalue weighted by atomic mass is 10.1. The smallest absolute Gasteiger partial charge is 0.255 e. The van der Waals surface area contributed by atoms with E-state index >= 15 is 0 Å². The van der Waals surface area contributed by atoms with Gasteiger partial charge in [-0.3, -0.25) is 4.79 Å². The van der Waals surface area contributed by atoms with Crippen molar-refractivity contribution in [3.8, 4) is 17.1 Å². The molecule has 0 atom stereocenters. The maximum atomic E-state index is 12.6. The molecule has 0 fully saturated rings. The molecule has 4 aromatic rings. The summed E-state index contributed by atoms with van der Waals surface area (Å²) >= 11 is 0. The molecule has 0 unspecified atom stereocenters. The monoisotopic (exact) mass is 384 g/mol. The minimum atomic E-state index is -0.185. The van der Waals surface area contributed by atoms with Crippen LogP contribution < -0.4 is 10.1 Å². The molecule has 0 radical (unpaired) electrons. The number of amides is 1. The Hall–Kier alpha value is -3.93. The Kier molecular flexibility index (Phi) is 5.33. The van der Waals surface area contributed by atoms with E-state index in [-0.39, 0.29) is 5.91 Å². The zero-order valence-electron chi connectivity index (χ0n) is 15.9. The fourth-order valence-corrected chi connectivity index (χ4v) is 2.93. The molecule has 1 heterocycles. The SMILES string of the molecule is Cn1cnnc1-c1cccc(NC(=O)c2ccc(OCc3ccccc3)cc2)c1. The van der Waals surface area contributed by atoms with Crippen LogP contribution in [-0.4, -0.2) is 20.7 Å². The normalized spacial score (nSPS) is 10.5. The summed E-state index contributed by atoms with van der Waals surface area (Å²) in [6.07, 6.45) is 1.64. The largest absolute Gasteiger partial charge is 0.489 e. The van der Waals surface area contributed by atoms with E-state index in [1.807, 2.05) is 66.2 Å². The highest BCUT2D eigenvalue weighted by molar-refractivity contribution is 6.04. The molecule has 3 aromatic carbocycles. The van der Waals surface area contributed by atoms with Crippen molar-refractivity contribution in [3.05, 3.63) is 96.3 Å². The number of benzene rings is 3. The summed E-state index contributed by atoms with van der Waals surface area (Å²) < 4.78 is 7.59. The number of hydrogen-bond donors (Lipinski definition) is 1. The molecule has 144 valence electrons. The van der Waals surface area contributed by atoms with Gasteiger partial charge in [0.15, 0.2) is 5.82 Å². The van der Waals surface area contributed by atoms with Gasteiger partial charge in [0.25, 0.3) is 5.91 Å². The van der Waals surface area contributed by atoms with Crippen LogP contribution in [-0.2, 0) is 13.7 Å². The first-order valence-corrected chi connectivity index (χ1v) is 9.21. The third-order valence-electron chi connectivity index (χ3n) is 4.45. The number of aromatic nitrogens is 3. The minimum Gasteiger partial charge on any atom is -0.489 e. The van der Waals surface area contributed by atoms with Gasteiger partial charge in [0, 0.05) is 23.9 Å². The Bertz CT molecular complexity index is 1110. The van der Waals surface area contributed by atoms with Gasteiger partial charge in [0.05, 0.1) is 0 Å². The molecule has 0 aliphatic heterocycles. The van der Waals surface area contributed by atoms with Crippen molar-refractivity contribution >= 4 is 11.6 Å². The minimum absolute atomic E-state index is 0.185. The van der Waals surface area contributed by atoms with Gasteiger partial charge < -0.3 is 14.6 Å². The molecular weight excluding hydrogens is 364 g/mol. The summed E-state index contributed by atoms with van der Waals surface area (Å²) in [6.45, 7) is 0.487. The highest BCUT2D eigenvalue weighted by Crippen LogP contribution is 2.21. The van der Waals surface area contributed by atoms with Gasteiger partial charge in [-0.2, -0.15) is 0 Å². The number of carbonyl (C=O) groups excluding carboxylic acids is 1. The van der Waals surface area contributed by atoms with Crippen LogP contribution in [0.3, 0.4) is 0 Å². The molecule has 0 bridgehead atoms. The second-order valence-electron chi connectivity index (χ2n) is 6.60. The van der Waals surface area contributed by atoms with Crippen LogP contribution >= 0.6 is 0 Å². The molecule has 0 aliphatic rings. The zero-order valence-corrected chi connectivity index (χ0v) is 15.9. The number of nitrogens with zero attached hydrogens (tertiary/aromatic N) is 3. The summed E-state index contributed by atoms with van der Waals surface area (Å²) in [7, 11) is 1.88. The Balaban J connectivity index is 1.40. The molecular formula is C23H20N4O2. The summed E-state index contributed by atoms with van der Waals surface area (Å²) in [4.78, 5) is 12.6. The van der Waals surface area contributed by atoms with E-state index < -0.39 is 0 Å². The maximum Gasteiger partial charge on any atom is 0.255 e. The number of hydrogen-bond acceptors (Lipinski definition) is 4. The third-order valence-corrected chi connectivity index (χ3v) is 4.45. The van der Waals surface area contributed by atoms with E-state index in [9.17, 15) is 4.79 Å². The van der Waals surface area contributed by atoms with Crippen molar-refractivity contribution in [2.24, 2.45) is 7.05 Å². The van der Waals surface area contributed by atoms with Gasteiger partial charge in [0.1, 0.15) is 18.7 Å². The number of rotatable bonds is 6. The third kappa shape index (κ3) is 4.50. The fraction of sp³-hybridized carbons (Fsp3) is 0.0870. The molecule has 29 heavy (non-hydrogen) atoms. The van der Waals surface area contributed by atoms with Crippen molar-refractivity contribution in [2.75, 3.05) is 5.32 Å². The highest BCUT2D eigenvalue weighted by Gasteiger charge is 2.09. The summed E-state index contributed by atoms with van der Waals surface area (Å²) in [5.41, 5.74) is 3.23. The van der Waals surface area contributed by atoms with Gasteiger partial charge in [-0.15, -0.1) is 10.2 Å².